The molecule has 0 aliphatic rings. The molecule has 5 N–H and O–H groups in total. The molecule has 0 unspecified atom stereocenters. The number of methoxy groups -OCH3 is 1. The summed E-state index contributed by atoms with van der Waals surface area (Å²) in [4.78, 5) is 15.4. The number of hydrogen-bond donors (Lipinski definition) is 4. The fourth-order valence-corrected chi connectivity index (χ4v) is 3.94. The van der Waals surface area contributed by atoms with E-state index in [9.17, 15) is 0 Å². The Morgan fingerprint density at radius 1 is 1.10 bits per heavy atom. The maximum absolute atomic E-state index is 6.22. The van der Waals surface area contributed by atoms with E-state index in [1.54, 1.807) is 7.11 Å². The highest BCUT2D eigenvalue weighted by molar-refractivity contribution is 5.88. The number of H-pyrrole nitrogens is 2. The number of aromatic nitrogens is 4. The van der Waals surface area contributed by atoms with E-state index < -0.39 is 0 Å². The van der Waals surface area contributed by atoms with E-state index in [1.165, 1.54) is 16.5 Å². The third-order valence-corrected chi connectivity index (χ3v) is 5.57. The summed E-state index contributed by atoms with van der Waals surface area (Å²) >= 11 is 0. The summed E-state index contributed by atoms with van der Waals surface area (Å²) < 4.78 is 5.42. The van der Waals surface area contributed by atoms with Crippen LogP contribution < -0.4 is 15.8 Å². The monoisotopic (exact) mass is 412 g/mol. The summed E-state index contributed by atoms with van der Waals surface area (Å²) in [6.07, 6.45) is 7.30. The first-order valence-electron chi connectivity index (χ1n) is 10.3. The van der Waals surface area contributed by atoms with Gasteiger partial charge in [-0.2, -0.15) is 4.98 Å². The molecule has 2 aromatic carbocycles. The first-order valence-corrected chi connectivity index (χ1v) is 10.3. The average molecular weight is 412 g/mol. The van der Waals surface area contributed by atoms with Crippen LogP contribution in [-0.4, -0.2) is 33.6 Å². The fraction of sp³-hybridized carbons (Fsp3) is 0.167. The fourth-order valence-electron chi connectivity index (χ4n) is 3.94. The van der Waals surface area contributed by atoms with Crippen LogP contribution in [0.25, 0.3) is 21.8 Å². The Morgan fingerprint density at radius 2 is 2.03 bits per heavy atom. The summed E-state index contributed by atoms with van der Waals surface area (Å²) in [5.41, 5.74) is 11.7. The van der Waals surface area contributed by atoms with Gasteiger partial charge in [-0.3, -0.25) is 0 Å². The highest BCUT2D eigenvalue weighted by atomic mass is 16.5. The van der Waals surface area contributed by atoms with Crippen molar-refractivity contribution in [2.75, 3.05) is 24.7 Å². The normalized spacial score (nSPS) is 11.3. The van der Waals surface area contributed by atoms with Gasteiger partial charge in [0, 0.05) is 48.0 Å². The molecule has 0 radical (unpaired) electrons. The second-order valence-electron chi connectivity index (χ2n) is 7.55. The lowest BCUT2D eigenvalue weighted by molar-refractivity contribution is 0.419. The summed E-state index contributed by atoms with van der Waals surface area (Å²) in [6, 6.07) is 14.5. The molecule has 7 heteroatoms. The van der Waals surface area contributed by atoms with Crippen molar-refractivity contribution >= 4 is 33.6 Å². The lowest BCUT2D eigenvalue weighted by Gasteiger charge is -2.09. The molecule has 0 aliphatic carbocycles. The number of benzene rings is 2. The SMILES string of the molecule is COc1cccc2c(CCNc3ncc(Cc4ccc5[nH]ccc5c4)c(N)n3)c[nH]c12. The Bertz CT molecular complexity index is 1350. The van der Waals surface area contributed by atoms with Gasteiger partial charge in [0.1, 0.15) is 11.6 Å². The Balaban J connectivity index is 1.24. The third-order valence-electron chi connectivity index (χ3n) is 5.57. The number of nitrogens with two attached hydrogens (primary N) is 1. The van der Waals surface area contributed by atoms with Crippen molar-refractivity contribution in [3.8, 4) is 5.75 Å². The molecule has 31 heavy (non-hydrogen) atoms. The third kappa shape index (κ3) is 3.77. The number of aromatic amines is 2. The molecule has 7 nitrogen and oxygen atoms in total. The minimum atomic E-state index is 0.503. The predicted octanol–water partition coefficient (Wildman–Crippen LogP) is 4.28. The second-order valence-corrected chi connectivity index (χ2v) is 7.55. The number of anilines is 2. The van der Waals surface area contributed by atoms with E-state index in [4.69, 9.17) is 10.5 Å². The minimum Gasteiger partial charge on any atom is -0.495 e. The summed E-state index contributed by atoms with van der Waals surface area (Å²) in [6.45, 7) is 0.701. The Kier molecular flexibility index (Phi) is 4.92. The van der Waals surface area contributed by atoms with Crippen LogP contribution in [0.4, 0.5) is 11.8 Å². The molecular weight excluding hydrogens is 388 g/mol. The van der Waals surface area contributed by atoms with Crippen molar-refractivity contribution in [2.45, 2.75) is 12.8 Å². The molecule has 0 fully saturated rings. The van der Waals surface area contributed by atoms with E-state index in [-0.39, 0.29) is 0 Å². The molecule has 5 aromatic rings. The number of ether oxygens (including phenoxy) is 1. The standard InChI is InChI=1S/C24H24N6O/c1-31-21-4-2-3-19-17(13-28-22(19)21)8-10-27-24-29-14-18(23(25)30-24)12-15-5-6-20-16(11-15)7-9-26-20/h2-7,9,11,13-14,26,28H,8,10,12H2,1H3,(H3,25,27,29,30). The molecular formula is C24H24N6O. The first kappa shape index (κ1) is 19.0. The molecule has 0 amide bonds. The van der Waals surface area contributed by atoms with Crippen LogP contribution in [0, 0.1) is 0 Å². The average Bonchev–Trinajstić information content (AvgIpc) is 3.42. The van der Waals surface area contributed by atoms with Crippen LogP contribution in [0.5, 0.6) is 5.75 Å². The van der Waals surface area contributed by atoms with Crippen molar-refractivity contribution in [3.63, 3.8) is 0 Å². The number of hydrogen-bond acceptors (Lipinski definition) is 5. The van der Waals surface area contributed by atoms with Crippen molar-refractivity contribution < 1.29 is 4.74 Å². The zero-order valence-corrected chi connectivity index (χ0v) is 17.3. The maximum atomic E-state index is 6.22. The van der Waals surface area contributed by atoms with Crippen LogP contribution in [0.15, 0.2) is 61.1 Å². The minimum absolute atomic E-state index is 0.503. The lowest BCUT2D eigenvalue weighted by Crippen LogP contribution is -2.10. The van der Waals surface area contributed by atoms with E-state index in [0.717, 1.165) is 34.2 Å². The van der Waals surface area contributed by atoms with Gasteiger partial charge in [0.2, 0.25) is 5.95 Å². The quantitative estimate of drug-likeness (QED) is 0.319. The molecule has 0 aliphatic heterocycles. The molecule has 0 saturated heterocycles. The predicted molar refractivity (Wildman–Crippen MR) is 125 cm³/mol. The van der Waals surface area contributed by atoms with Crippen LogP contribution >= 0.6 is 0 Å². The van der Waals surface area contributed by atoms with Crippen LogP contribution in [0.2, 0.25) is 0 Å². The van der Waals surface area contributed by atoms with E-state index >= 15 is 0 Å². The highest BCUT2D eigenvalue weighted by Crippen LogP contribution is 2.27. The van der Waals surface area contributed by atoms with Crippen molar-refractivity contribution in [1.82, 2.24) is 19.9 Å². The number of rotatable bonds is 7. The Labute approximate surface area is 179 Å². The molecule has 0 spiro atoms. The molecule has 0 bridgehead atoms. The van der Waals surface area contributed by atoms with Crippen LogP contribution in [0.1, 0.15) is 16.7 Å². The maximum Gasteiger partial charge on any atom is 0.224 e. The lowest BCUT2D eigenvalue weighted by atomic mass is 10.1. The van der Waals surface area contributed by atoms with Gasteiger partial charge in [-0.1, -0.05) is 18.2 Å². The largest absolute Gasteiger partial charge is 0.495 e. The topological polar surface area (TPSA) is 105 Å². The van der Waals surface area contributed by atoms with Crippen molar-refractivity contribution in [1.29, 1.82) is 0 Å². The number of nitrogens with one attached hydrogen (secondary N) is 3. The van der Waals surface area contributed by atoms with Gasteiger partial charge in [0.05, 0.1) is 12.6 Å². The molecule has 5 rings (SSSR count). The first-order chi connectivity index (χ1) is 15.2. The van der Waals surface area contributed by atoms with Gasteiger partial charge in [-0.25, -0.2) is 4.98 Å². The van der Waals surface area contributed by atoms with Gasteiger partial charge >= 0.3 is 0 Å². The van der Waals surface area contributed by atoms with Gasteiger partial charge in [0.25, 0.3) is 0 Å². The summed E-state index contributed by atoms with van der Waals surface area (Å²) in [7, 11) is 1.68. The molecule has 3 heterocycles. The summed E-state index contributed by atoms with van der Waals surface area (Å²) in [5.74, 6) is 1.89. The summed E-state index contributed by atoms with van der Waals surface area (Å²) in [5, 5.41) is 5.63. The molecule has 156 valence electrons. The second kappa shape index (κ2) is 8.02. The van der Waals surface area contributed by atoms with Gasteiger partial charge in [-0.05, 0) is 47.2 Å². The Hall–Kier alpha value is -4.00. The highest BCUT2D eigenvalue weighted by Gasteiger charge is 2.09. The Morgan fingerprint density at radius 3 is 2.90 bits per heavy atom. The van der Waals surface area contributed by atoms with Gasteiger partial charge in [0.15, 0.2) is 0 Å². The van der Waals surface area contributed by atoms with E-state index in [0.29, 0.717) is 24.7 Å². The van der Waals surface area contributed by atoms with Crippen molar-refractivity contribution in [2.24, 2.45) is 0 Å². The van der Waals surface area contributed by atoms with E-state index in [2.05, 4.69) is 55.6 Å². The zero-order chi connectivity index (χ0) is 21.2. The van der Waals surface area contributed by atoms with Gasteiger partial charge in [-0.15, -0.1) is 0 Å². The number of nitrogen functional groups attached to an aromatic ring is 1. The number of nitrogens with zero attached hydrogens (tertiary/aromatic N) is 2. The van der Waals surface area contributed by atoms with Crippen LogP contribution in [0.3, 0.4) is 0 Å². The number of fused-ring (bicyclic) bond motifs is 2. The van der Waals surface area contributed by atoms with Gasteiger partial charge < -0.3 is 25.8 Å². The smallest absolute Gasteiger partial charge is 0.224 e. The zero-order valence-electron chi connectivity index (χ0n) is 17.3. The number of para-hydroxylation sites is 1. The van der Waals surface area contributed by atoms with E-state index in [1.807, 2.05) is 30.7 Å². The van der Waals surface area contributed by atoms with Crippen LogP contribution in [-0.2, 0) is 12.8 Å². The molecule has 0 atom stereocenters. The molecule has 3 aromatic heterocycles. The molecule has 0 saturated carbocycles. The van der Waals surface area contributed by atoms with Crippen molar-refractivity contribution in [3.05, 3.63) is 77.7 Å².